The monoisotopic (exact) mass is 346 g/mol. The molecule has 0 aliphatic rings. The predicted molar refractivity (Wildman–Crippen MR) is 105 cm³/mol. The summed E-state index contributed by atoms with van der Waals surface area (Å²) < 4.78 is 0. The molecule has 0 saturated heterocycles. The summed E-state index contributed by atoms with van der Waals surface area (Å²) in [6.45, 7) is 2.74. The van der Waals surface area contributed by atoms with E-state index in [1.165, 1.54) is 0 Å². The van der Waals surface area contributed by atoms with Crippen LogP contribution in [-0.4, -0.2) is 30.3 Å². The van der Waals surface area contributed by atoms with Crippen molar-refractivity contribution in [3.63, 3.8) is 0 Å². The number of anilines is 1. The van der Waals surface area contributed by atoms with Crippen LogP contribution in [0.1, 0.15) is 5.56 Å². The molecule has 2 aromatic carbocycles. The van der Waals surface area contributed by atoms with Crippen LogP contribution >= 0.6 is 0 Å². The fraction of sp³-hybridized carbons (Fsp3) is 0.190. The summed E-state index contributed by atoms with van der Waals surface area (Å²) in [6, 6.07) is 19.7. The van der Waals surface area contributed by atoms with Gasteiger partial charge in [-0.1, -0.05) is 18.2 Å². The van der Waals surface area contributed by atoms with Gasteiger partial charge in [0.25, 0.3) is 0 Å². The van der Waals surface area contributed by atoms with E-state index >= 15 is 0 Å². The number of hydrogen-bond acceptors (Lipinski definition) is 5. The van der Waals surface area contributed by atoms with Crippen LogP contribution in [0.25, 0.3) is 11.3 Å². The molecule has 0 amide bonds. The van der Waals surface area contributed by atoms with Crippen LogP contribution in [0.2, 0.25) is 0 Å². The van der Waals surface area contributed by atoms with Gasteiger partial charge in [0.1, 0.15) is 0 Å². The Hall–Kier alpha value is -3.05. The molecule has 5 nitrogen and oxygen atoms in total. The first-order valence-electron chi connectivity index (χ1n) is 8.53. The Labute approximate surface area is 153 Å². The Morgan fingerprint density at radius 2 is 1.81 bits per heavy atom. The van der Waals surface area contributed by atoms with Crippen LogP contribution in [0, 0.1) is 6.92 Å². The summed E-state index contributed by atoms with van der Waals surface area (Å²) in [5, 5.41) is 17.7. The highest BCUT2D eigenvalue weighted by Gasteiger charge is 2.04. The summed E-state index contributed by atoms with van der Waals surface area (Å²) in [5.41, 5.74) is 5.72. The highest BCUT2D eigenvalue weighted by atomic mass is 16.3. The Kier molecular flexibility index (Phi) is 5.71. The maximum atomic E-state index is 9.05. The maximum absolute atomic E-state index is 9.05. The maximum Gasteiger partial charge on any atom is 0.0887 e. The molecule has 0 atom stereocenters. The summed E-state index contributed by atoms with van der Waals surface area (Å²) in [4.78, 5) is 6.35. The second-order valence-electron chi connectivity index (χ2n) is 6.08. The summed E-state index contributed by atoms with van der Waals surface area (Å²) in [5.74, 6) is 0. The lowest BCUT2D eigenvalue weighted by Crippen LogP contribution is -2.20. The molecule has 132 valence electrons. The van der Waals surface area contributed by atoms with E-state index in [-0.39, 0.29) is 6.61 Å². The summed E-state index contributed by atoms with van der Waals surface area (Å²) >= 11 is 0. The molecule has 0 fully saturated rings. The minimum Gasteiger partial charge on any atom is -0.395 e. The third-order valence-electron chi connectivity index (χ3n) is 4.16. The molecule has 0 aliphatic carbocycles. The number of aliphatic hydroxyl groups excluding tert-OH is 1. The van der Waals surface area contributed by atoms with Gasteiger partial charge in [-0.15, -0.1) is 0 Å². The number of hydrogen-bond donors (Lipinski definition) is 1. The minimum absolute atomic E-state index is 0.130. The van der Waals surface area contributed by atoms with Crippen molar-refractivity contribution < 1.29 is 5.11 Å². The fourth-order valence-corrected chi connectivity index (χ4v) is 2.61. The fourth-order valence-electron chi connectivity index (χ4n) is 2.61. The lowest BCUT2D eigenvalue weighted by atomic mass is 10.1. The summed E-state index contributed by atoms with van der Waals surface area (Å²) in [6.07, 6.45) is 1.79. The Bertz CT molecular complexity index is 876. The molecule has 0 radical (unpaired) electrons. The zero-order valence-corrected chi connectivity index (χ0v) is 15.0. The largest absolute Gasteiger partial charge is 0.395 e. The van der Waals surface area contributed by atoms with Crippen LogP contribution in [0.5, 0.6) is 0 Å². The number of pyridine rings is 1. The first kappa shape index (κ1) is 17.8. The number of rotatable bonds is 6. The van der Waals surface area contributed by atoms with Crippen molar-refractivity contribution in [2.75, 3.05) is 25.1 Å². The summed E-state index contributed by atoms with van der Waals surface area (Å²) in [7, 11) is 1.95. The molecular weight excluding hydrogens is 324 g/mol. The number of azo groups is 1. The van der Waals surface area contributed by atoms with Crippen LogP contribution in [0.4, 0.5) is 17.1 Å². The van der Waals surface area contributed by atoms with E-state index < -0.39 is 0 Å². The average Bonchev–Trinajstić information content (AvgIpc) is 2.68. The number of aromatic nitrogens is 1. The van der Waals surface area contributed by atoms with Crippen LogP contribution in [0.15, 0.2) is 77.1 Å². The van der Waals surface area contributed by atoms with E-state index in [4.69, 9.17) is 5.11 Å². The number of nitrogens with zero attached hydrogens (tertiary/aromatic N) is 4. The van der Waals surface area contributed by atoms with E-state index in [0.29, 0.717) is 6.54 Å². The van der Waals surface area contributed by atoms with Gasteiger partial charge in [-0.05, 0) is 55.0 Å². The molecule has 0 spiro atoms. The molecule has 26 heavy (non-hydrogen) atoms. The van der Waals surface area contributed by atoms with E-state index in [9.17, 15) is 0 Å². The topological polar surface area (TPSA) is 61.1 Å². The zero-order valence-electron chi connectivity index (χ0n) is 15.0. The molecule has 1 N–H and O–H groups in total. The molecule has 0 unspecified atom stereocenters. The molecule has 1 aromatic heterocycles. The zero-order chi connectivity index (χ0) is 18.4. The highest BCUT2D eigenvalue weighted by Crippen LogP contribution is 2.27. The Balaban J connectivity index is 1.73. The van der Waals surface area contributed by atoms with Crippen molar-refractivity contribution in [3.8, 4) is 11.3 Å². The smallest absolute Gasteiger partial charge is 0.0887 e. The van der Waals surface area contributed by atoms with Crippen molar-refractivity contribution in [2.24, 2.45) is 10.2 Å². The molecule has 0 aliphatic heterocycles. The second-order valence-corrected chi connectivity index (χ2v) is 6.08. The highest BCUT2D eigenvalue weighted by molar-refractivity contribution is 5.61. The molecule has 0 saturated carbocycles. The van der Waals surface area contributed by atoms with Crippen LogP contribution in [0.3, 0.4) is 0 Å². The van der Waals surface area contributed by atoms with Crippen LogP contribution in [-0.2, 0) is 0 Å². The first-order chi connectivity index (χ1) is 12.7. The molecule has 1 heterocycles. The Morgan fingerprint density at radius 1 is 1.00 bits per heavy atom. The van der Waals surface area contributed by atoms with Crippen molar-refractivity contribution in [1.29, 1.82) is 0 Å². The molecule has 5 heteroatoms. The van der Waals surface area contributed by atoms with Gasteiger partial charge >= 0.3 is 0 Å². The predicted octanol–water partition coefficient (Wildman–Crippen LogP) is 4.90. The van der Waals surface area contributed by atoms with E-state index in [1.807, 2.05) is 79.5 Å². The molecule has 3 rings (SSSR count). The van der Waals surface area contributed by atoms with Gasteiger partial charge in [-0.25, -0.2) is 0 Å². The van der Waals surface area contributed by atoms with Gasteiger partial charge in [0.15, 0.2) is 0 Å². The number of likely N-dealkylation sites (N-methyl/N-ethyl adjacent to an activating group) is 1. The molecular formula is C21H22N4O. The normalized spacial score (nSPS) is 11.0. The second kappa shape index (κ2) is 8.36. The van der Waals surface area contributed by atoms with Crippen LogP contribution < -0.4 is 4.90 Å². The minimum atomic E-state index is 0.130. The lowest BCUT2D eigenvalue weighted by molar-refractivity contribution is 0.304. The van der Waals surface area contributed by atoms with Crippen molar-refractivity contribution >= 4 is 17.1 Å². The van der Waals surface area contributed by atoms with Crippen molar-refractivity contribution in [2.45, 2.75) is 6.92 Å². The molecule has 3 aromatic rings. The van der Waals surface area contributed by atoms with E-state index in [2.05, 4.69) is 15.2 Å². The average molecular weight is 346 g/mol. The number of benzene rings is 2. The molecule has 0 bridgehead atoms. The van der Waals surface area contributed by atoms with Gasteiger partial charge in [-0.2, -0.15) is 10.2 Å². The quantitative estimate of drug-likeness (QED) is 0.646. The SMILES string of the molecule is Cc1cc(N(C)CCO)ccc1N=Nc1ccc(-c2ccccn2)cc1. The van der Waals surface area contributed by atoms with E-state index in [1.54, 1.807) is 6.20 Å². The Morgan fingerprint density at radius 3 is 2.46 bits per heavy atom. The van der Waals surface area contributed by atoms with Gasteiger partial charge in [0.2, 0.25) is 0 Å². The number of aliphatic hydroxyl groups is 1. The van der Waals surface area contributed by atoms with Gasteiger partial charge in [0, 0.05) is 31.0 Å². The van der Waals surface area contributed by atoms with E-state index in [0.717, 1.165) is 33.9 Å². The van der Waals surface area contributed by atoms with Gasteiger partial charge in [-0.3, -0.25) is 4.98 Å². The number of aryl methyl sites for hydroxylation is 1. The third kappa shape index (κ3) is 4.32. The first-order valence-corrected chi connectivity index (χ1v) is 8.53. The third-order valence-corrected chi connectivity index (χ3v) is 4.16. The van der Waals surface area contributed by atoms with Gasteiger partial charge < -0.3 is 10.0 Å². The van der Waals surface area contributed by atoms with Gasteiger partial charge in [0.05, 0.1) is 23.7 Å². The van der Waals surface area contributed by atoms with Crippen molar-refractivity contribution in [1.82, 2.24) is 4.98 Å². The lowest BCUT2D eigenvalue weighted by Gasteiger charge is -2.18. The standard InChI is InChI=1S/C21H22N4O/c1-16-15-19(25(2)13-14-26)10-11-20(16)24-23-18-8-6-17(7-9-18)21-5-3-4-12-22-21/h3-12,15,26H,13-14H2,1-2H3. The van der Waals surface area contributed by atoms with Crippen molar-refractivity contribution in [3.05, 3.63) is 72.4 Å².